The molecular formula is C16H29N3. The molecule has 0 bridgehead atoms. The summed E-state index contributed by atoms with van der Waals surface area (Å²) in [5.41, 5.74) is 1.38. The molecule has 0 saturated heterocycles. The predicted molar refractivity (Wildman–Crippen MR) is 82.4 cm³/mol. The molecule has 3 heteroatoms. The lowest BCUT2D eigenvalue weighted by Crippen LogP contribution is -2.26. The first-order valence-electron chi connectivity index (χ1n) is 7.53. The first-order chi connectivity index (χ1) is 9.22. The molecule has 1 aromatic heterocycles. The average molecular weight is 263 g/mol. The number of pyridine rings is 1. The molecule has 1 N–H and O–H groups in total. The van der Waals surface area contributed by atoms with Crippen LogP contribution >= 0.6 is 0 Å². The van der Waals surface area contributed by atoms with Gasteiger partial charge in [-0.1, -0.05) is 13.3 Å². The summed E-state index contributed by atoms with van der Waals surface area (Å²) < 4.78 is 0. The fourth-order valence-corrected chi connectivity index (χ4v) is 2.26. The molecule has 1 unspecified atom stereocenters. The van der Waals surface area contributed by atoms with Gasteiger partial charge in [-0.2, -0.15) is 0 Å². The third kappa shape index (κ3) is 7.96. The summed E-state index contributed by atoms with van der Waals surface area (Å²) in [6, 6.07) is 4.87. The van der Waals surface area contributed by atoms with Gasteiger partial charge in [-0.15, -0.1) is 0 Å². The van der Waals surface area contributed by atoms with Crippen molar-refractivity contribution in [1.82, 2.24) is 15.2 Å². The second-order valence-corrected chi connectivity index (χ2v) is 5.36. The Morgan fingerprint density at radius 1 is 1.21 bits per heavy atom. The van der Waals surface area contributed by atoms with Crippen LogP contribution in [0.5, 0.6) is 0 Å². The van der Waals surface area contributed by atoms with Crippen LogP contribution in [0.3, 0.4) is 0 Å². The lowest BCUT2D eigenvalue weighted by molar-refractivity contribution is 0.325. The standard InChI is InChI=1S/C16H29N3/c1-4-18-15(2)7-5-6-13-19(3)14-10-16-8-11-17-12-9-16/h8-9,11-12,15,18H,4-7,10,13-14H2,1-3H3. The van der Waals surface area contributed by atoms with Crippen molar-refractivity contribution in [2.45, 2.75) is 45.6 Å². The number of hydrogen-bond donors (Lipinski definition) is 1. The lowest BCUT2D eigenvalue weighted by atomic mass is 10.1. The number of likely N-dealkylation sites (N-methyl/N-ethyl adjacent to an activating group) is 1. The predicted octanol–water partition coefficient (Wildman–Crippen LogP) is 2.72. The molecule has 0 aliphatic carbocycles. The van der Waals surface area contributed by atoms with E-state index >= 15 is 0 Å². The van der Waals surface area contributed by atoms with Crippen LogP contribution in [0.15, 0.2) is 24.5 Å². The van der Waals surface area contributed by atoms with Crippen molar-refractivity contribution >= 4 is 0 Å². The molecular weight excluding hydrogens is 234 g/mol. The SMILES string of the molecule is CCNC(C)CCCCN(C)CCc1ccncc1. The Labute approximate surface area is 118 Å². The minimum Gasteiger partial charge on any atom is -0.315 e. The Morgan fingerprint density at radius 3 is 2.63 bits per heavy atom. The highest BCUT2D eigenvalue weighted by atomic mass is 15.1. The molecule has 0 fully saturated rings. The maximum absolute atomic E-state index is 4.05. The highest BCUT2D eigenvalue weighted by Crippen LogP contribution is 2.03. The highest BCUT2D eigenvalue weighted by molar-refractivity contribution is 5.09. The van der Waals surface area contributed by atoms with Crippen molar-refractivity contribution in [1.29, 1.82) is 0 Å². The summed E-state index contributed by atoms with van der Waals surface area (Å²) in [5.74, 6) is 0. The number of aromatic nitrogens is 1. The van der Waals surface area contributed by atoms with Gasteiger partial charge >= 0.3 is 0 Å². The topological polar surface area (TPSA) is 28.2 Å². The highest BCUT2D eigenvalue weighted by Gasteiger charge is 2.02. The molecule has 0 aliphatic rings. The number of rotatable bonds is 10. The zero-order chi connectivity index (χ0) is 13.9. The van der Waals surface area contributed by atoms with Crippen molar-refractivity contribution in [2.75, 3.05) is 26.7 Å². The van der Waals surface area contributed by atoms with Gasteiger partial charge in [-0.25, -0.2) is 0 Å². The summed E-state index contributed by atoms with van der Waals surface area (Å²) in [7, 11) is 2.22. The Morgan fingerprint density at radius 2 is 1.95 bits per heavy atom. The minimum absolute atomic E-state index is 0.659. The van der Waals surface area contributed by atoms with E-state index in [0.717, 1.165) is 19.5 Å². The monoisotopic (exact) mass is 263 g/mol. The van der Waals surface area contributed by atoms with E-state index < -0.39 is 0 Å². The number of hydrogen-bond acceptors (Lipinski definition) is 3. The van der Waals surface area contributed by atoms with Crippen molar-refractivity contribution in [2.24, 2.45) is 0 Å². The molecule has 108 valence electrons. The maximum atomic E-state index is 4.05. The summed E-state index contributed by atoms with van der Waals surface area (Å²) >= 11 is 0. The molecule has 0 amide bonds. The Hall–Kier alpha value is -0.930. The van der Waals surface area contributed by atoms with Gasteiger partial charge in [0.15, 0.2) is 0 Å². The molecule has 0 radical (unpaired) electrons. The van der Waals surface area contributed by atoms with Gasteiger partial charge in [-0.3, -0.25) is 4.98 Å². The van der Waals surface area contributed by atoms with E-state index in [1.807, 2.05) is 12.4 Å². The second-order valence-electron chi connectivity index (χ2n) is 5.36. The molecule has 0 spiro atoms. The summed E-state index contributed by atoms with van der Waals surface area (Å²) in [6.07, 6.45) is 8.75. The molecule has 0 aromatic carbocycles. The van der Waals surface area contributed by atoms with Crippen LogP contribution < -0.4 is 5.32 Å². The van der Waals surface area contributed by atoms with Crippen LogP contribution in [0.1, 0.15) is 38.7 Å². The van der Waals surface area contributed by atoms with Crippen molar-refractivity contribution in [3.63, 3.8) is 0 Å². The van der Waals surface area contributed by atoms with E-state index in [4.69, 9.17) is 0 Å². The number of unbranched alkanes of at least 4 members (excludes halogenated alkanes) is 1. The van der Waals surface area contributed by atoms with Crippen LogP contribution in [-0.2, 0) is 6.42 Å². The molecule has 1 aromatic rings. The van der Waals surface area contributed by atoms with Gasteiger partial charge in [0.2, 0.25) is 0 Å². The Kier molecular flexibility index (Phi) is 8.43. The van der Waals surface area contributed by atoms with Gasteiger partial charge in [0.1, 0.15) is 0 Å². The summed E-state index contributed by atoms with van der Waals surface area (Å²) in [6.45, 7) is 7.85. The fraction of sp³-hybridized carbons (Fsp3) is 0.688. The minimum atomic E-state index is 0.659. The quantitative estimate of drug-likeness (QED) is 0.658. The van der Waals surface area contributed by atoms with Crippen LogP contribution in [0.2, 0.25) is 0 Å². The maximum Gasteiger partial charge on any atom is 0.0270 e. The van der Waals surface area contributed by atoms with Gasteiger partial charge in [-0.05, 0) is 64.0 Å². The smallest absolute Gasteiger partial charge is 0.0270 e. The van der Waals surface area contributed by atoms with E-state index in [0.29, 0.717) is 6.04 Å². The Bertz CT molecular complexity index is 313. The largest absolute Gasteiger partial charge is 0.315 e. The van der Waals surface area contributed by atoms with E-state index in [1.54, 1.807) is 0 Å². The van der Waals surface area contributed by atoms with Crippen LogP contribution in [0.4, 0.5) is 0 Å². The van der Waals surface area contributed by atoms with Crippen molar-refractivity contribution in [3.05, 3.63) is 30.1 Å². The molecule has 19 heavy (non-hydrogen) atoms. The Balaban J connectivity index is 2.03. The van der Waals surface area contributed by atoms with Crippen molar-refractivity contribution in [3.8, 4) is 0 Å². The van der Waals surface area contributed by atoms with E-state index in [1.165, 1.54) is 31.4 Å². The number of nitrogens with one attached hydrogen (secondary N) is 1. The fourth-order valence-electron chi connectivity index (χ4n) is 2.26. The van der Waals surface area contributed by atoms with Crippen molar-refractivity contribution < 1.29 is 0 Å². The zero-order valence-corrected chi connectivity index (χ0v) is 12.7. The van der Waals surface area contributed by atoms with E-state index in [9.17, 15) is 0 Å². The first-order valence-corrected chi connectivity index (χ1v) is 7.53. The van der Waals surface area contributed by atoms with E-state index in [-0.39, 0.29) is 0 Å². The van der Waals surface area contributed by atoms with Gasteiger partial charge in [0.05, 0.1) is 0 Å². The molecule has 1 rings (SSSR count). The third-order valence-corrected chi connectivity index (χ3v) is 3.51. The first kappa shape index (κ1) is 16.1. The van der Waals surface area contributed by atoms with Crippen LogP contribution in [0.25, 0.3) is 0 Å². The molecule has 3 nitrogen and oxygen atoms in total. The molecule has 0 aliphatic heterocycles. The van der Waals surface area contributed by atoms with Gasteiger partial charge in [0, 0.05) is 25.0 Å². The van der Waals surface area contributed by atoms with Crippen LogP contribution in [-0.4, -0.2) is 42.6 Å². The van der Waals surface area contributed by atoms with Gasteiger partial charge in [0.25, 0.3) is 0 Å². The lowest BCUT2D eigenvalue weighted by Gasteiger charge is -2.17. The second kappa shape index (κ2) is 9.93. The zero-order valence-electron chi connectivity index (χ0n) is 12.7. The molecule has 1 heterocycles. The van der Waals surface area contributed by atoms with Crippen LogP contribution in [0, 0.1) is 0 Å². The average Bonchev–Trinajstić information content (AvgIpc) is 2.43. The van der Waals surface area contributed by atoms with Gasteiger partial charge < -0.3 is 10.2 Å². The summed E-state index contributed by atoms with van der Waals surface area (Å²) in [4.78, 5) is 6.47. The molecule has 0 saturated carbocycles. The third-order valence-electron chi connectivity index (χ3n) is 3.51. The normalized spacial score (nSPS) is 12.8. The summed E-state index contributed by atoms with van der Waals surface area (Å²) in [5, 5.41) is 3.46. The number of nitrogens with zero attached hydrogens (tertiary/aromatic N) is 2. The van der Waals surface area contributed by atoms with E-state index in [2.05, 4.69) is 48.2 Å². The molecule has 1 atom stereocenters.